The zero-order valence-corrected chi connectivity index (χ0v) is 11.6. The van der Waals surface area contributed by atoms with Gasteiger partial charge in [-0.3, -0.25) is 0 Å². The largest absolute Gasteiger partial charge is 0.383 e. The summed E-state index contributed by atoms with van der Waals surface area (Å²) in [5.41, 5.74) is 10.8. The third-order valence-corrected chi connectivity index (χ3v) is 3.45. The van der Waals surface area contributed by atoms with Crippen LogP contribution in [0.5, 0.6) is 0 Å². The van der Waals surface area contributed by atoms with Crippen LogP contribution in [0.2, 0.25) is 0 Å². The molecule has 0 spiro atoms. The van der Waals surface area contributed by atoms with E-state index in [0.29, 0.717) is 5.56 Å². The minimum absolute atomic E-state index is 0.263. The van der Waals surface area contributed by atoms with Crippen molar-refractivity contribution < 1.29 is 0 Å². The van der Waals surface area contributed by atoms with E-state index in [0.717, 1.165) is 28.1 Å². The number of nitrogens with zero attached hydrogens (tertiary/aromatic N) is 2. The fraction of sp³-hybridized carbons (Fsp3) is 0.0588. The van der Waals surface area contributed by atoms with Crippen molar-refractivity contribution in [2.75, 3.05) is 5.73 Å². The topological polar surface area (TPSA) is 78.5 Å². The lowest BCUT2D eigenvalue weighted by molar-refractivity contribution is 1.20. The van der Waals surface area contributed by atoms with E-state index in [9.17, 15) is 5.26 Å². The molecule has 0 bridgehead atoms. The number of hydrogen-bond donors (Lipinski definition) is 2. The molecule has 2 heterocycles. The highest BCUT2D eigenvalue weighted by Crippen LogP contribution is 2.37. The number of nitrogens with one attached hydrogen (secondary N) is 1. The number of aromatic amines is 1. The number of aromatic nitrogens is 2. The first-order valence-electron chi connectivity index (χ1n) is 6.61. The smallest absolute Gasteiger partial charge is 0.142 e. The SMILES string of the molecule is Cc1nc(N)c(C#N)c(-c2ccc[nH]2)c1-c1ccccc1. The van der Waals surface area contributed by atoms with Gasteiger partial charge in [0.1, 0.15) is 17.5 Å². The van der Waals surface area contributed by atoms with Crippen LogP contribution in [0.1, 0.15) is 11.3 Å². The molecule has 0 atom stereocenters. The van der Waals surface area contributed by atoms with E-state index in [1.165, 1.54) is 0 Å². The second-order valence-corrected chi connectivity index (χ2v) is 4.77. The van der Waals surface area contributed by atoms with Gasteiger partial charge >= 0.3 is 0 Å². The van der Waals surface area contributed by atoms with E-state index in [1.54, 1.807) is 0 Å². The maximum atomic E-state index is 9.48. The summed E-state index contributed by atoms with van der Waals surface area (Å²) in [5.74, 6) is 0.263. The van der Waals surface area contributed by atoms with Gasteiger partial charge in [-0.2, -0.15) is 5.26 Å². The summed E-state index contributed by atoms with van der Waals surface area (Å²) in [6.07, 6.45) is 1.83. The number of pyridine rings is 1. The van der Waals surface area contributed by atoms with E-state index in [1.807, 2.05) is 55.6 Å². The Kier molecular flexibility index (Phi) is 3.17. The Morgan fingerprint density at radius 2 is 1.86 bits per heavy atom. The Morgan fingerprint density at radius 1 is 1.10 bits per heavy atom. The van der Waals surface area contributed by atoms with Crippen molar-refractivity contribution in [1.82, 2.24) is 9.97 Å². The van der Waals surface area contributed by atoms with Crippen LogP contribution in [0.3, 0.4) is 0 Å². The summed E-state index contributed by atoms with van der Waals surface area (Å²) in [4.78, 5) is 7.49. The van der Waals surface area contributed by atoms with Gasteiger partial charge < -0.3 is 10.7 Å². The minimum atomic E-state index is 0.263. The van der Waals surface area contributed by atoms with Gasteiger partial charge in [0.25, 0.3) is 0 Å². The number of nitrogens with two attached hydrogens (primary N) is 1. The molecule has 4 heteroatoms. The Morgan fingerprint density at radius 3 is 2.48 bits per heavy atom. The molecular weight excluding hydrogens is 260 g/mol. The lowest BCUT2D eigenvalue weighted by Crippen LogP contribution is -2.03. The normalized spacial score (nSPS) is 10.3. The molecule has 0 aliphatic carbocycles. The molecule has 0 saturated heterocycles. The van der Waals surface area contributed by atoms with Crippen molar-refractivity contribution in [3.63, 3.8) is 0 Å². The van der Waals surface area contributed by atoms with Gasteiger partial charge in [-0.15, -0.1) is 0 Å². The third-order valence-electron chi connectivity index (χ3n) is 3.45. The standard InChI is InChI=1S/C17H14N4/c1-11-15(12-6-3-2-4-7-12)16(14-8-5-9-20-14)13(10-18)17(19)21-11/h2-9,20H,1H3,(H2,19,21). The maximum Gasteiger partial charge on any atom is 0.142 e. The molecule has 0 fully saturated rings. The second kappa shape index (κ2) is 5.14. The lowest BCUT2D eigenvalue weighted by atomic mass is 9.93. The summed E-state index contributed by atoms with van der Waals surface area (Å²) in [7, 11) is 0. The summed E-state index contributed by atoms with van der Waals surface area (Å²) >= 11 is 0. The van der Waals surface area contributed by atoms with Crippen molar-refractivity contribution in [3.8, 4) is 28.5 Å². The van der Waals surface area contributed by atoms with Crippen LogP contribution in [0.15, 0.2) is 48.7 Å². The average Bonchev–Trinajstić information content (AvgIpc) is 3.01. The molecule has 0 unspecified atom stereocenters. The van der Waals surface area contributed by atoms with Crippen LogP contribution >= 0.6 is 0 Å². The van der Waals surface area contributed by atoms with Gasteiger partial charge in [0.2, 0.25) is 0 Å². The zero-order valence-electron chi connectivity index (χ0n) is 11.6. The van der Waals surface area contributed by atoms with Crippen LogP contribution in [0.4, 0.5) is 5.82 Å². The number of hydrogen-bond acceptors (Lipinski definition) is 3. The molecule has 2 aromatic heterocycles. The van der Waals surface area contributed by atoms with Crippen LogP contribution in [0, 0.1) is 18.3 Å². The van der Waals surface area contributed by atoms with E-state index < -0.39 is 0 Å². The summed E-state index contributed by atoms with van der Waals surface area (Å²) in [5, 5.41) is 9.48. The maximum absolute atomic E-state index is 9.48. The number of aryl methyl sites for hydroxylation is 1. The average molecular weight is 274 g/mol. The number of nitriles is 1. The number of H-pyrrole nitrogens is 1. The first kappa shape index (κ1) is 12.9. The Hall–Kier alpha value is -3.06. The quantitative estimate of drug-likeness (QED) is 0.750. The first-order valence-corrected chi connectivity index (χ1v) is 6.61. The molecule has 0 amide bonds. The highest BCUT2D eigenvalue weighted by atomic mass is 14.9. The molecule has 3 aromatic rings. The lowest BCUT2D eigenvalue weighted by Gasteiger charge is -2.15. The van der Waals surface area contributed by atoms with Crippen molar-refractivity contribution in [2.45, 2.75) is 6.92 Å². The van der Waals surface area contributed by atoms with Crippen LogP contribution < -0.4 is 5.73 Å². The zero-order chi connectivity index (χ0) is 14.8. The molecule has 0 aliphatic rings. The molecule has 4 nitrogen and oxygen atoms in total. The van der Waals surface area contributed by atoms with Gasteiger partial charge in [0.15, 0.2) is 0 Å². The summed E-state index contributed by atoms with van der Waals surface area (Å²) < 4.78 is 0. The van der Waals surface area contributed by atoms with Crippen LogP contribution in [-0.4, -0.2) is 9.97 Å². The second-order valence-electron chi connectivity index (χ2n) is 4.77. The third kappa shape index (κ3) is 2.15. The van der Waals surface area contributed by atoms with Crippen molar-refractivity contribution >= 4 is 5.82 Å². The Bertz CT molecular complexity index is 812. The van der Waals surface area contributed by atoms with Crippen LogP contribution in [-0.2, 0) is 0 Å². The molecule has 3 N–H and O–H groups in total. The molecule has 102 valence electrons. The van der Waals surface area contributed by atoms with Gasteiger partial charge in [0, 0.05) is 28.7 Å². The molecule has 0 radical (unpaired) electrons. The molecule has 0 saturated carbocycles. The monoisotopic (exact) mass is 274 g/mol. The Labute approximate surface area is 122 Å². The van der Waals surface area contributed by atoms with E-state index in [-0.39, 0.29) is 5.82 Å². The molecule has 1 aromatic carbocycles. The van der Waals surface area contributed by atoms with Crippen molar-refractivity contribution in [1.29, 1.82) is 5.26 Å². The number of anilines is 1. The van der Waals surface area contributed by atoms with Crippen molar-refractivity contribution in [2.24, 2.45) is 0 Å². The predicted octanol–water partition coefficient (Wildman–Crippen LogP) is 3.51. The molecule has 21 heavy (non-hydrogen) atoms. The van der Waals surface area contributed by atoms with Gasteiger partial charge in [0.05, 0.1) is 0 Å². The number of benzene rings is 1. The van der Waals surface area contributed by atoms with E-state index >= 15 is 0 Å². The summed E-state index contributed by atoms with van der Waals surface area (Å²) in [6, 6.07) is 15.9. The fourth-order valence-corrected chi connectivity index (χ4v) is 2.55. The minimum Gasteiger partial charge on any atom is -0.383 e. The molecule has 3 rings (SSSR count). The Balaban J connectivity index is 2.42. The predicted molar refractivity (Wildman–Crippen MR) is 83.3 cm³/mol. The number of nitrogen functional groups attached to an aromatic ring is 1. The van der Waals surface area contributed by atoms with Gasteiger partial charge in [-0.25, -0.2) is 4.98 Å². The number of rotatable bonds is 2. The highest BCUT2D eigenvalue weighted by Gasteiger charge is 2.19. The molecule has 0 aliphatic heterocycles. The summed E-state index contributed by atoms with van der Waals surface area (Å²) in [6.45, 7) is 1.91. The van der Waals surface area contributed by atoms with E-state index in [4.69, 9.17) is 5.73 Å². The van der Waals surface area contributed by atoms with Crippen molar-refractivity contribution in [3.05, 3.63) is 59.9 Å². The fourth-order valence-electron chi connectivity index (χ4n) is 2.55. The van der Waals surface area contributed by atoms with Gasteiger partial charge in [-0.1, -0.05) is 30.3 Å². The first-order chi connectivity index (χ1) is 10.2. The molecular formula is C17H14N4. The van der Waals surface area contributed by atoms with Crippen LogP contribution in [0.25, 0.3) is 22.4 Å². The highest BCUT2D eigenvalue weighted by molar-refractivity contribution is 5.89. The van der Waals surface area contributed by atoms with Gasteiger partial charge in [-0.05, 0) is 24.6 Å². The van der Waals surface area contributed by atoms with E-state index in [2.05, 4.69) is 16.0 Å².